The zero-order valence-electron chi connectivity index (χ0n) is 9.33. The molecule has 17 heavy (non-hydrogen) atoms. The maximum atomic E-state index is 13.3. The first-order valence-electron chi connectivity index (χ1n) is 5.48. The van der Waals surface area contributed by atoms with Crippen LogP contribution in [0.4, 0.5) is 10.2 Å². The van der Waals surface area contributed by atoms with E-state index in [1.165, 1.54) is 0 Å². The predicted octanol–water partition coefficient (Wildman–Crippen LogP) is 1.01. The first-order chi connectivity index (χ1) is 8.25. The molecule has 0 bridgehead atoms. The van der Waals surface area contributed by atoms with Crippen molar-refractivity contribution in [1.82, 2.24) is 14.9 Å². The van der Waals surface area contributed by atoms with Crippen LogP contribution in [0.15, 0.2) is 6.20 Å². The van der Waals surface area contributed by atoms with Gasteiger partial charge in [0.2, 0.25) is 5.28 Å². The van der Waals surface area contributed by atoms with Gasteiger partial charge in [0.05, 0.1) is 19.4 Å². The lowest BCUT2D eigenvalue weighted by Gasteiger charge is -2.26. The van der Waals surface area contributed by atoms with Gasteiger partial charge in [-0.05, 0) is 11.6 Å². The van der Waals surface area contributed by atoms with Gasteiger partial charge in [0.1, 0.15) is 0 Å². The predicted molar refractivity (Wildman–Crippen MR) is 62.7 cm³/mol. The quantitative estimate of drug-likeness (QED) is 0.819. The third kappa shape index (κ3) is 3.76. The molecule has 0 unspecified atom stereocenters. The van der Waals surface area contributed by atoms with E-state index >= 15 is 0 Å². The van der Waals surface area contributed by atoms with Gasteiger partial charge in [-0.15, -0.1) is 0 Å². The summed E-state index contributed by atoms with van der Waals surface area (Å²) in [5.74, 6) is -0.338. The van der Waals surface area contributed by atoms with Crippen LogP contribution in [0.5, 0.6) is 0 Å². The van der Waals surface area contributed by atoms with Gasteiger partial charge in [0, 0.05) is 26.2 Å². The fourth-order valence-corrected chi connectivity index (χ4v) is 1.76. The molecule has 7 heteroatoms. The van der Waals surface area contributed by atoms with E-state index in [4.69, 9.17) is 16.3 Å². The summed E-state index contributed by atoms with van der Waals surface area (Å²) in [4.78, 5) is 9.58. The minimum absolute atomic E-state index is 0.0419. The largest absolute Gasteiger partial charge is 0.379 e. The van der Waals surface area contributed by atoms with Crippen molar-refractivity contribution in [3.63, 3.8) is 0 Å². The van der Waals surface area contributed by atoms with Crippen molar-refractivity contribution in [2.24, 2.45) is 0 Å². The van der Waals surface area contributed by atoms with E-state index in [-0.39, 0.29) is 11.1 Å². The van der Waals surface area contributed by atoms with Crippen molar-refractivity contribution < 1.29 is 9.13 Å². The lowest BCUT2D eigenvalue weighted by atomic mass is 10.4. The number of halogens is 2. The van der Waals surface area contributed by atoms with E-state index in [0.29, 0.717) is 6.54 Å². The Morgan fingerprint density at radius 3 is 3.00 bits per heavy atom. The van der Waals surface area contributed by atoms with Gasteiger partial charge >= 0.3 is 0 Å². The fraction of sp³-hybridized carbons (Fsp3) is 0.600. The van der Waals surface area contributed by atoms with E-state index in [9.17, 15) is 4.39 Å². The molecule has 1 aliphatic heterocycles. The molecule has 0 saturated carbocycles. The van der Waals surface area contributed by atoms with Crippen molar-refractivity contribution in [1.29, 1.82) is 0 Å². The molecular weight excluding hydrogens is 247 g/mol. The van der Waals surface area contributed by atoms with Gasteiger partial charge < -0.3 is 10.1 Å². The van der Waals surface area contributed by atoms with E-state index < -0.39 is 5.82 Å². The summed E-state index contributed by atoms with van der Waals surface area (Å²) in [6.45, 7) is 4.78. The lowest BCUT2D eigenvalue weighted by molar-refractivity contribution is 0.0398. The molecule has 0 atom stereocenters. The molecule has 1 saturated heterocycles. The molecule has 0 radical (unpaired) electrons. The van der Waals surface area contributed by atoms with E-state index in [1.807, 2.05) is 0 Å². The number of hydrogen-bond acceptors (Lipinski definition) is 5. The smallest absolute Gasteiger partial charge is 0.224 e. The molecule has 1 aromatic heterocycles. The molecule has 1 N–H and O–H groups in total. The van der Waals surface area contributed by atoms with Gasteiger partial charge in [-0.1, -0.05) is 0 Å². The standard InChI is InChI=1S/C10H14ClFN4O/c11-10-14-7-8(12)9(15-10)13-1-2-16-3-5-17-6-4-16/h7H,1-6H2,(H,13,14,15). The van der Waals surface area contributed by atoms with Crippen molar-refractivity contribution in [2.75, 3.05) is 44.7 Å². The van der Waals surface area contributed by atoms with Gasteiger partial charge in [0.25, 0.3) is 0 Å². The first-order valence-corrected chi connectivity index (χ1v) is 5.85. The van der Waals surface area contributed by atoms with Crippen molar-refractivity contribution in [3.8, 4) is 0 Å². The Hall–Kier alpha value is -0.980. The number of hydrogen-bond donors (Lipinski definition) is 1. The van der Waals surface area contributed by atoms with E-state index in [1.54, 1.807) is 0 Å². The molecule has 0 aliphatic carbocycles. The summed E-state index contributed by atoms with van der Waals surface area (Å²) in [5, 5.41) is 2.95. The highest BCUT2D eigenvalue weighted by atomic mass is 35.5. The average molecular weight is 261 g/mol. The molecule has 2 rings (SSSR count). The second kappa shape index (κ2) is 6.09. The number of nitrogens with zero attached hydrogens (tertiary/aromatic N) is 3. The van der Waals surface area contributed by atoms with Crippen molar-refractivity contribution in [2.45, 2.75) is 0 Å². The van der Waals surface area contributed by atoms with Crippen LogP contribution in [0.25, 0.3) is 0 Å². The topological polar surface area (TPSA) is 50.3 Å². The Morgan fingerprint density at radius 1 is 1.47 bits per heavy atom. The van der Waals surface area contributed by atoms with Crippen LogP contribution in [0, 0.1) is 5.82 Å². The second-order valence-corrected chi connectivity index (χ2v) is 4.05. The molecule has 2 heterocycles. The molecule has 0 spiro atoms. The van der Waals surface area contributed by atoms with E-state index in [0.717, 1.165) is 39.0 Å². The highest BCUT2D eigenvalue weighted by Gasteiger charge is 2.10. The molecule has 1 aliphatic rings. The van der Waals surface area contributed by atoms with Crippen molar-refractivity contribution in [3.05, 3.63) is 17.3 Å². The summed E-state index contributed by atoms with van der Waals surface area (Å²) < 4.78 is 18.5. The number of aromatic nitrogens is 2. The zero-order chi connectivity index (χ0) is 12.1. The Bertz CT molecular complexity index is 373. The van der Waals surface area contributed by atoms with Crippen LogP contribution >= 0.6 is 11.6 Å². The minimum atomic E-state index is -0.489. The summed E-state index contributed by atoms with van der Waals surface area (Å²) in [5.41, 5.74) is 0. The monoisotopic (exact) mass is 260 g/mol. The number of rotatable bonds is 4. The van der Waals surface area contributed by atoms with Crippen LogP contribution in [-0.2, 0) is 4.74 Å². The maximum Gasteiger partial charge on any atom is 0.224 e. The maximum absolute atomic E-state index is 13.3. The van der Waals surface area contributed by atoms with Gasteiger partial charge in [-0.3, -0.25) is 4.90 Å². The summed E-state index contributed by atoms with van der Waals surface area (Å²) in [7, 11) is 0. The van der Waals surface area contributed by atoms with Crippen LogP contribution < -0.4 is 5.32 Å². The van der Waals surface area contributed by atoms with Crippen LogP contribution in [0.3, 0.4) is 0 Å². The molecule has 1 fully saturated rings. The molecule has 94 valence electrons. The Labute approximate surface area is 104 Å². The third-order valence-electron chi connectivity index (χ3n) is 2.54. The SMILES string of the molecule is Fc1cnc(Cl)nc1NCCN1CCOCC1. The summed E-state index contributed by atoms with van der Waals surface area (Å²) in [6, 6.07) is 0. The molecular formula is C10H14ClFN4O. The molecule has 0 aromatic carbocycles. The lowest BCUT2D eigenvalue weighted by Crippen LogP contribution is -2.39. The van der Waals surface area contributed by atoms with Gasteiger partial charge in [-0.25, -0.2) is 9.37 Å². The highest BCUT2D eigenvalue weighted by Crippen LogP contribution is 2.11. The molecule has 0 amide bonds. The second-order valence-electron chi connectivity index (χ2n) is 3.72. The summed E-state index contributed by atoms with van der Waals surface area (Å²) in [6.07, 6.45) is 1.06. The zero-order valence-corrected chi connectivity index (χ0v) is 10.1. The highest BCUT2D eigenvalue weighted by molar-refractivity contribution is 6.28. The van der Waals surface area contributed by atoms with Crippen LogP contribution in [-0.4, -0.2) is 54.3 Å². The molecule has 5 nitrogen and oxygen atoms in total. The number of morpholine rings is 1. The average Bonchev–Trinajstić information content (AvgIpc) is 2.35. The Balaban J connectivity index is 1.79. The Morgan fingerprint density at radius 2 is 2.24 bits per heavy atom. The Kier molecular flexibility index (Phi) is 4.47. The minimum Gasteiger partial charge on any atom is -0.379 e. The number of nitrogens with one attached hydrogen (secondary N) is 1. The van der Waals surface area contributed by atoms with Gasteiger partial charge in [-0.2, -0.15) is 4.98 Å². The van der Waals surface area contributed by atoms with Crippen LogP contribution in [0.1, 0.15) is 0 Å². The summed E-state index contributed by atoms with van der Waals surface area (Å²) >= 11 is 5.59. The normalized spacial score (nSPS) is 17.1. The van der Waals surface area contributed by atoms with E-state index in [2.05, 4.69) is 20.2 Å². The van der Waals surface area contributed by atoms with Crippen molar-refractivity contribution >= 4 is 17.4 Å². The fourth-order valence-electron chi connectivity index (χ4n) is 1.63. The van der Waals surface area contributed by atoms with Gasteiger partial charge in [0.15, 0.2) is 11.6 Å². The third-order valence-corrected chi connectivity index (χ3v) is 2.72. The number of anilines is 1. The number of ether oxygens (including phenoxy) is 1. The first kappa shape index (κ1) is 12.5. The van der Waals surface area contributed by atoms with Crippen LogP contribution in [0.2, 0.25) is 5.28 Å². The molecule has 1 aromatic rings.